The molecular weight excluding hydrogens is 418 g/mol. The van der Waals surface area contributed by atoms with Crippen molar-refractivity contribution in [1.29, 1.82) is 0 Å². The second-order valence-electron chi connectivity index (χ2n) is 7.90. The highest BCUT2D eigenvalue weighted by molar-refractivity contribution is 5.90. The third kappa shape index (κ3) is 4.96. The smallest absolute Gasteiger partial charge is 0.414 e. The molecule has 0 spiro atoms. The highest BCUT2D eigenvalue weighted by atomic mass is 19.1. The fraction of sp³-hybridized carbons (Fsp3) is 0.333. The standard InChI is InChI=1S/C24H24F2N2O4/c1-16(29)31-15-20-14-28(24(30)32-20)19-11-21(25)23(22(26)12-19)18-7-9-27(10-8-18)13-17-5-3-2-4-6-17/h2-7,11-12,20H,8-10,13-15H2,1H3. The SMILES string of the molecule is CC(=O)OCC1CN(c2cc(F)c(C3=CCN(Cc4ccccc4)CC3)c(F)c2)C(=O)O1. The van der Waals surface area contributed by atoms with Crippen LogP contribution in [0.5, 0.6) is 0 Å². The molecule has 0 radical (unpaired) electrons. The molecule has 2 aromatic rings. The number of esters is 1. The maximum absolute atomic E-state index is 14.9. The van der Waals surface area contributed by atoms with E-state index in [9.17, 15) is 18.4 Å². The summed E-state index contributed by atoms with van der Waals surface area (Å²) in [4.78, 5) is 26.4. The summed E-state index contributed by atoms with van der Waals surface area (Å²) in [5.41, 5.74) is 1.82. The zero-order valence-corrected chi connectivity index (χ0v) is 17.7. The lowest BCUT2D eigenvalue weighted by molar-refractivity contribution is -0.143. The average Bonchev–Trinajstić information content (AvgIpc) is 3.14. The fourth-order valence-corrected chi connectivity index (χ4v) is 3.98. The molecule has 168 valence electrons. The van der Waals surface area contributed by atoms with Crippen LogP contribution in [0.25, 0.3) is 5.57 Å². The van der Waals surface area contributed by atoms with Gasteiger partial charge in [-0.05, 0) is 29.7 Å². The van der Waals surface area contributed by atoms with Gasteiger partial charge in [-0.3, -0.25) is 14.6 Å². The Morgan fingerprint density at radius 1 is 1.19 bits per heavy atom. The Hall–Kier alpha value is -3.26. The highest BCUT2D eigenvalue weighted by Crippen LogP contribution is 2.32. The predicted molar refractivity (Wildman–Crippen MR) is 115 cm³/mol. The molecule has 2 aliphatic rings. The number of amides is 1. The van der Waals surface area contributed by atoms with Crippen LogP contribution in [0.3, 0.4) is 0 Å². The number of carbonyl (C=O) groups is 2. The van der Waals surface area contributed by atoms with E-state index in [0.29, 0.717) is 25.1 Å². The van der Waals surface area contributed by atoms with Gasteiger partial charge in [0.15, 0.2) is 6.10 Å². The van der Waals surface area contributed by atoms with Gasteiger partial charge in [0, 0.05) is 32.1 Å². The Kier molecular flexibility index (Phi) is 6.50. The maximum atomic E-state index is 14.9. The van der Waals surface area contributed by atoms with E-state index >= 15 is 0 Å². The molecule has 2 aliphatic heterocycles. The molecule has 0 aromatic heterocycles. The number of rotatable bonds is 6. The van der Waals surface area contributed by atoms with E-state index in [2.05, 4.69) is 17.0 Å². The first-order valence-corrected chi connectivity index (χ1v) is 10.5. The summed E-state index contributed by atoms with van der Waals surface area (Å²) in [7, 11) is 0. The van der Waals surface area contributed by atoms with Crippen LogP contribution >= 0.6 is 0 Å². The van der Waals surface area contributed by atoms with E-state index in [4.69, 9.17) is 9.47 Å². The molecule has 1 atom stereocenters. The van der Waals surface area contributed by atoms with Gasteiger partial charge >= 0.3 is 12.1 Å². The van der Waals surface area contributed by atoms with Crippen LogP contribution in [-0.4, -0.2) is 49.3 Å². The zero-order valence-electron chi connectivity index (χ0n) is 17.7. The number of carbonyl (C=O) groups excluding carboxylic acids is 2. The third-order valence-electron chi connectivity index (χ3n) is 5.55. The monoisotopic (exact) mass is 442 g/mol. The van der Waals surface area contributed by atoms with Crippen molar-refractivity contribution < 1.29 is 27.8 Å². The number of hydrogen-bond donors (Lipinski definition) is 0. The van der Waals surface area contributed by atoms with Crippen LogP contribution in [0.2, 0.25) is 0 Å². The van der Waals surface area contributed by atoms with E-state index in [1.165, 1.54) is 12.5 Å². The lowest BCUT2D eigenvalue weighted by Crippen LogP contribution is -2.28. The number of anilines is 1. The first-order chi connectivity index (χ1) is 15.4. The van der Waals surface area contributed by atoms with Crippen molar-refractivity contribution in [3.8, 4) is 0 Å². The van der Waals surface area contributed by atoms with Gasteiger partial charge in [0.1, 0.15) is 18.2 Å². The van der Waals surface area contributed by atoms with Gasteiger partial charge in [0.2, 0.25) is 0 Å². The molecule has 1 saturated heterocycles. The summed E-state index contributed by atoms with van der Waals surface area (Å²) >= 11 is 0. The van der Waals surface area contributed by atoms with E-state index in [1.54, 1.807) is 0 Å². The topological polar surface area (TPSA) is 59.1 Å². The molecule has 8 heteroatoms. The van der Waals surface area contributed by atoms with Crippen LogP contribution in [0.15, 0.2) is 48.5 Å². The second-order valence-corrected chi connectivity index (χ2v) is 7.90. The van der Waals surface area contributed by atoms with Crippen molar-refractivity contribution in [3.05, 3.63) is 71.3 Å². The molecule has 2 heterocycles. The summed E-state index contributed by atoms with van der Waals surface area (Å²) in [6.45, 7) is 3.26. The van der Waals surface area contributed by atoms with Crippen LogP contribution in [0, 0.1) is 11.6 Å². The lowest BCUT2D eigenvalue weighted by atomic mass is 9.97. The Morgan fingerprint density at radius 2 is 1.91 bits per heavy atom. The largest absolute Gasteiger partial charge is 0.462 e. The number of halogens is 2. The number of nitrogens with zero attached hydrogens (tertiary/aromatic N) is 2. The van der Waals surface area contributed by atoms with Gasteiger partial charge in [-0.1, -0.05) is 36.4 Å². The summed E-state index contributed by atoms with van der Waals surface area (Å²) in [5, 5.41) is 0. The molecule has 0 N–H and O–H groups in total. The Morgan fingerprint density at radius 3 is 2.53 bits per heavy atom. The highest BCUT2D eigenvalue weighted by Gasteiger charge is 2.34. The van der Waals surface area contributed by atoms with Crippen molar-refractivity contribution in [2.75, 3.05) is 31.1 Å². The molecule has 2 aromatic carbocycles. The maximum Gasteiger partial charge on any atom is 0.414 e. The summed E-state index contributed by atoms with van der Waals surface area (Å²) < 4.78 is 39.8. The van der Waals surface area contributed by atoms with Gasteiger partial charge in [-0.25, -0.2) is 13.6 Å². The van der Waals surface area contributed by atoms with Gasteiger partial charge in [0.05, 0.1) is 12.2 Å². The van der Waals surface area contributed by atoms with Crippen LogP contribution in [0.1, 0.15) is 24.5 Å². The minimum absolute atomic E-state index is 0.0431. The van der Waals surface area contributed by atoms with Crippen molar-refractivity contribution in [3.63, 3.8) is 0 Å². The molecule has 4 rings (SSSR count). The van der Waals surface area contributed by atoms with Crippen molar-refractivity contribution >= 4 is 23.3 Å². The minimum Gasteiger partial charge on any atom is -0.462 e. The van der Waals surface area contributed by atoms with Crippen LogP contribution < -0.4 is 4.90 Å². The Labute approximate surface area is 185 Å². The lowest BCUT2D eigenvalue weighted by Gasteiger charge is -2.27. The molecule has 32 heavy (non-hydrogen) atoms. The number of benzene rings is 2. The number of cyclic esters (lactones) is 1. The van der Waals surface area contributed by atoms with E-state index in [-0.39, 0.29) is 24.4 Å². The van der Waals surface area contributed by atoms with Gasteiger partial charge < -0.3 is 9.47 Å². The Balaban J connectivity index is 1.45. The first kappa shape index (κ1) is 22.0. The molecule has 1 fully saturated rings. The van der Waals surface area contributed by atoms with E-state index < -0.39 is 29.8 Å². The fourth-order valence-electron chi connectivity index (χ4n) is 3.98. The zero-order chi connectivity index (χ0) is 22.7. The van der Waals surface area contributed by atoms with E-state index in [1.807, 2.05) is 24.3 Å². The van der Waals surface area contributed by atoms with Crippen LogP contribution in [0.4, 0.5) is 19.3 Å². The first-order valence-electron chi connectivity index (χ1n) is 10.5. The average molecular weight is 442 g/mol. The molecule has 1 amide bonds. The molecular formula is C24H24F2N2O4. The molecule has 1 unspecified atom stereocenters. The molecule has 0 aliphatic carbocycles. The van der Waals surface area contributed by atoms with Crippen LogP contribution in [-0.2, 0) is 20.8 Å². The quantitative estimate of drug-likeness (QED) is 0.630. The van der Waals surface area contributed by atoms with E-state index in [0.717, 1.165) is 23.6 Å². The number of hydrogen-bond acceptors (Lipinski definition) is 5. The minimum atomic E-state index is -0.734. The predicted octanol–water partition coefficient (Wildman–Crippen LogP) is 4.14. The van der Waals surface area contributed by atoms with Crippen molar-refractivity contribution in [2.24, 2.45) is 0 Å². The Bertz CT molecular complexity index is 1020. The van der Waals surface area contributed by atoms with Gasteiger partial charge in [-0.15, -0.1) is 0 Å². The van der Waals surface area contributed by atoms with Crippen molar-refractivity contribution in [1.82, 2.24) is 4.90 Å². The normalized spacial score (nSPS) is 19.0. The summed E-state index contributed by atoms with van der Waals surface area (Å²) in [6, 6.07) is 12.3. The molecule has 0 bridgehead atoms. The third-order valence-corrected chi connectivity index (χ3v) is 5.55. The van der Waals surface area contributed by atoms with Gasteiger partial charge in [-0.2, -0.15) is 0 Å². The van der Waals surface area contributed by atoms with Crippen molar-refractivity contribution in [2.45, 2.75) is 26.0 Å². The summed E-state index contributed by atoms with van der Waals surface area (Å²) in [6.07, 6.45) is 0.958. The second kappa shape index (κ2) is 9.48. The van der Waals surface area contributed by atoms with Gasteiger partial charge in [0.25, 0.3) is 0 Å². The molecule has 6 nitrogen and oxygen atoms in total. The molecule has 0 saturated carbocycles. The summed E-state index contributed by atoms with van der Waals surface area (Å²) in [5.74, 6) is -1.94. The number of ether oxygens (including phenoxy) is 2.